The molecule has 4 aromatic rings. The molecular formula is C23H19F2N3O3. The van der Waals surface area contributed by atoms with Crippen molar-refractivity contribution in [2.24, 2.45) is 0 Å². The third-order valence-corrected chi connectivity index (χ3v) is 4.54. The topological polar surface area (TPSA) is 69.4 Å². The van der Waals surface area contributed by atoms with Crippen LogP contribution in [0.4, 0.5) is 14.5 Å². The number of nitrogens with zero attached hydrogens (tertiary/aromatic N) is 2. The third-order valence-electron chi connectivity index (χ3n) is 4.54. The summed E-state index contributed by atoms with van der Waals surface area (Å²) in [6.45, 7) is -2.61. The third kappa shape index (κ3) is 4.98. The number of alkyl halides is 2. The molecule has 1 N–H and O–H groups in total. The summed E-state index contributed by atoms with van der Waals surface area (Å²) in [5, 5.41) is 7.18. The standard InChI is InChI=1S/C23H19F2N3O3/c1-29-20-13-17(9-12-19(20)30-23(24)25)22-27-21(31-28-22)14-26-18-10-7-16(8-11-18)15-5-3-2-4-6-15/h2-13,23,26H,14H2,1H3. The van der Waals surface area contributed by atoms with Crippen LogP contribution in [0.15, 0.2) is 77.3 Å². The summed E-state index contributed by atoms with van der Waals surface area (Å²) in [7, 11) is 1.37. The maximum absolute atomic E-state index is 12.5. The summed E-state index contributed by atoms with van der Waals surface area (Å²) >= 11 is 0. The maximum atomic E-state index is 12.5. The van der Waals surface area contributed by atoms with Crippen LogP contribution in [0.2, 0.25) is 0 Å². The lowest BCUT2D eigenvalue weighted by Gasteiger charge is -2.10. The first-order valence-electron chi connectivity index (χ1n) is 9.47. The van der Waals surface area contributed by atoms with Crippen LogP contribution in [0, 0.1) is 0 Å². The minimum atomic E-state index is -2.94. The van der Waals surface area contributed by atoms with E-state index in [1.54, 1.807) is 6.07 Å². The Balaban J connectivity index is 1.41. The second-order valence-corrected chi connectivity index (χ2v) is 6.55. The molecule has 31 heavy (non-hydrogen) atoms. The Morgan fingerprint density at radius 1 is 0.903 bits per heavy atom. The summed E-state index contributed by atoms with van der Waals surface area (Å²) in [5.41, 5.74) is 3.74. The quantitative estimate of drug-likeness (QED) is 0.396. The van der Waals surface area contributed by atoms with Gasteiger partial charge in [-0.15, -0.1) is 0 Å². The highest BCUT2D eigenvalue weighted by Crippen LogP contribution is 2.32. The normalized spacial score (nSPS) is 10.8. The van der Waals surface area contributed by atoms with Crippen molar-refractivity contribution in [2.75, 3.05) is 12.4 Å². The maximum Gasteiger partial charge on any atom is 0.387 e. The number of methoxy groups -OCH3 is 1. The lowest BCUT2D eigenvalue weighted by molar-refractivity contribution is -0.0512. The Morgan fingerprint density at radius 2 is 1.61 bits per heavy atom. The number of hydrogen-bond donors (Lipinski definition) is 1. The molecule has 0 aliphatic rings. The minimum absolute atomic E-state index is 0.0643. The molecule has 0 radical (unpaired) electrons. The molecule has 1 aromatic heterocycles. The fraction of sp³-hybridized carbons (Fsp3) is 0.130. The van der Waals surface area contributed by atoms with E-state index in [9.17, 15) is 8.78 Å². The van der Waals surface area contributed by atoms with Gasteiger partial charge in [-0.05, 0) is 41.5 Å². The molecule has 1 heterocycles. The second-order valence-electron chi connectivity index (χ2n) is 6.55. The van der Waals surface area contributed by atoms with E-state index in [1.165, 1.54) is 19.2 Å². The van der Waals surface area contributed by atoms with E-state index < -0.39 is 6.61 Å². The van der Waals surface area contributed by atoms with Crippen molar-refractivity contribution < 1.29 is 22.8 Å². The molecule has 3 aromatic carbocycles. The Bertz CT molecular complexity index is 1130. The first-order chi connectivity index (χ1) is 15.1. The van der Waals surface area contributed by atoms with Gasteiger partial charge in [-0.1, -0.05) is 47.6 Å². The molecule has 0 amide bonds. The number of benzene rings is 3. The molecule has 0 saturated carbocycles. The summed E-state index contributed by atoms with van der Waals surface area (Å²) < 4.78 is 39.8. The first-order valence-corrected chi connectivity index (χ1v) is 9.47. The zero-order valence-corrected chi connectivity index (χ0v) is 16.6. The van der Waals surface area contributed by atoms with Gasteiger partial charge < -0.3 is 19.3 Å². The van der Waals surface area contributed by atoms with Crippen LogP contribution in [0.25, 0.3) is 22.5 Å². The van der Waals surface area contributed by atoms with E-state index in [2.05, 4.69) is 32.3 Å². The number of rotatable bonds is 8. The van der Waals surface area contributed by atoms with Crippen molar-refractivity contribution in [1.29, 1.82) is 0 Å². The SMILES string of the molecule is COc1cc(-c2noc(CNc3ccc(-c4ccccc4)cc3)n2)ccc1OC(F)F. The number of nitrogens with one attached hydrogen (secondary N) is 1. The van der Waals surface area contributed by atoms with Gasteiger partial charge in [0.25, 0.3) is 0 Å². The van der Waals surface area contributed by atoms with Crippen molar-refractivity contribution in [3.05, 3.63) is 78.7 Å². The van der Waals surface area contributed by atoms with Crippen molar-refractivity contribution in [3.8, 4) is 34.0 Å². The molecule has 0 aliphatic carbocycles. The smallest absolute Gasteiger partial charge is 0.387 e. The van der Waals surface area contributed by atoms with Crippen molar-refractivity contribution in [2.45, 2.75) is 13.2 Å². The predicted molar refractivity (Wildman–Crippen MR) is 112 cm³/mol. The molecule has 0 saturated heterocycles. The zero-order chi connectivity index (χ0) is 21.6. The summed E-state index contributed by atoms with van der Waals surface area (Å²) in [4.78, 5) is 4.34. The largest absolute Gasteiger partial charge is 0.493 e. The second kappa shape index (κ2) is 9.25. The van der Waals surface area contributed by atoms with Gasteiger partial charge in [0.1, 0.15) is 0 Å². The lowest BCUT2D eigenvalue weighted by Crippen LogP contribution is -2.03. The molecule has 0 bridgehead atoms. The van der Waals surface area contributed by atoms with Gasteiger partial charge in [-0.2, -0.15) is 13.8 Å². The summed E-state index contributed by atoms with van der Waals surface area (Å²) in [5.74, 6) is 0.790. The van der Waals surface area contributed by atoms with Gasteiger partial charge in [0.05, 0.1) is 13.7 Å². The molecule has 0 spiro atoms. The van der Waals surface area contributed by atoms with Gasteiger partial charge in [0.2, 0.25) is 11.7 Å². The Hall–Kier alpha value is -3.94. The molecule has 158 valence electrons. The predicted octanol–water partition coefficient (Wildman–Crippen LogP) is 5.63. The number of aromatic nitrogens is 2. The Kier molecular flexibility index (Phi) is 6.07. The van der Waals surface area contributed by atoms with Crippen molar-refractivity contribution in [1.82, 2.24) is 10.1 Å². The van der Waals surface area contributed by atoms with Crippen LogP contribution in [0.3, 0.4) is 0 Å². The van der Waals surface area contributed by atoms with Crippen LogP contribution in [0.5, 0.6) is 11.5 Å². The van der Waals surface area contributed by atoms with E-state index in [1.807, 2.05) is 42.5 Å². The van der Waals surface area contributed by atoms with Crippen LogP contribution in [-0.2, 0) is 6.54 Å². The zero-order valence-electron chi connectivity index (χ0n) is 16.6. The van der Waals surface area contributed by atoms with Crippen LogP contribution in [-0.4, -0.2) is 23.9 Å². The van der Waals surface area contributed by atoms with Gasteiger partial charge in [0.15, 0.2) is 11.5 Å². The van der Waals surface area contributed by atoms with E-state index in [0.717, 1.165) is 16.8 Å². The molecule has 4 rings (SSSR count). The molecule has 8 heteroatoms. The first kappa shape index (κ1) is 20.3. The highest BCUT2D eigenvalue weighted by Gasteiger charge is 2.15. The number of halogens is 2. The number of anilines is 1. The highest BCUT2D eigenvalue weighted by molar-refractivity contribution is 5.66. The molecule has 0 aliphatic heterocycles. The summed E-state index contributed by atoms with van der Waals surface area (Å²) in [6.07, 6.45) is 0. The van der Waals surface area contributed by atoms with E-state index in [4.69, 9.17) is 9.26 Å². The van der Waals surface area contributed by atoms with Gasteiger partial charge >= 0.3 is 6.61 Å². The molecule has 0 unspecified atom stereocenters. The summed E-state index contributed by atoms with van der Waals surface area (Å²) in [6, 6.07) is 22.6. The fourth-order valence-corrected chi connectivity index (χ4v) is 3.03. The average Bonchev–Trinajstić information content (AvgIpc) is 3.28. The van der Waals surface area contributed by atoms with Crippen LogP contribution >= 0.6 is 0 Å². The number of ether oxygens (including phenoxy) is 2. The minimum Gasteiger partial charge on any atom is -0.493 e. The van der Waals surface area contributed by atoms with Gasteiger partial charge in [-0.3, -0.25) is 0 Å². The number of hydrogen-bond acceptors (Lipinski definition) is 6. The monoisotopic (exact) mass is 423 g/mol. The van der Waals surface area contributed by atoms with E-state index >= 15 is 0 Å². The highest BCUT2D eigenvalue weighted by atomic mass is 19.3. The van der Waals surface area contributed by atoms with Crippen LogP contribution in [0.1, 0.15) is 5.89 Å². The van der Waals surface area contributed by atoms with Crippen LogP contribution < -0.4 is 14.8 Å². The van der Waals surface area contributed by atoms with Crippen molar-refractivity contribution >= 4 is 5.69 Å². The van der Waals surface area contributed by atoms with Gasteiger partial charge in [-0.25, -0.2) is 0 Å². The molecule has 0 fully saturated rings. The van der Waals surface area contributed by atoms with E-state index in [-0.39, 0.29) is 11.5 Å². The fourth-order valence-electron chi connectivity index (χ4n) is 3.03. The van der Waals surface area contributed by atoms with E-state index in [0.29, 0.717) is 23.8 Å². The van der Waals surface area contributed by atoms with Crippen molar-refractivity contribution in [3.63, 3.8) is 0 Å². The molecular weight excluding hydrogens is 404 g/mol. The molecule has 0 atom stereocenters. The Morgan fingerprint density at radius 3 is 2.32 bits per heavy atom. The lowest BCUT2D eigenvalue weighted by atomic mass is 10.1. The average molecular weight is 423 g/mol. The molecule has 6 nitrogen and oxygen atoms in total. The Labute approximate surface area is 177 Å². The van der Waals surface area contributed by atoms with Gasteiger partial charge in [0, 0.05) is 11.3 Å².